The smallest absolute Gasteiger partial charge is 0.0506 e. The summed E-state index contributed by atoms with van der Waals surface area (Å²) in [5.74, 6) is 3.19. The fourth-order valence-corrected chi connectivity index (χ4v) is 0.313. The molecule has 2 N–H and O–H groups in total. The molecule has 50 valence electrons. The van der Waals surface area contributed by atoms with Crippen molar-refractivity contribution in [2.24, 2.45) is 0 Å². The molecule has 0 unspecified atom stereocenters. The van der Waals surface area contributed by atoms with Crippen molar-refractivity contribution in [3.05, 3.63) is 30.6 Å². The van der Waals surface area contributed by atoms with Gasteiger partial charge in [-0.05, 0) is 12.1 Å². The van der Waals surface area contributed by atoms with Crippen LogP contribution in [0.1, 0.15) is 0 Å². The van der Waals surface area contributed by atoms with Gasteiger partial charge in [0.25, 0.3) is 0 Å². The van der Waals surface area contributed by atoms with Gasteiger partial charge < -0.3 is 0 Å². The lowest BCUT2D eigenvalue weighted by Gasteiger charge is -1.70. The molecule has 1 heterocycles. The maximum atomic E-state index is 5.90. The minimum atomic E-state index is 1.60. The zero-order valence-corrected chi connectivity index (χ0v) is 5.33. The molecule has 1 rings (SSSR count). The second-order valence-corrected chi connectivity index (χ2v) is 1.27. The highest BCUT2D eigenvalue weighted by atomic mass is 14.6. The lowest BCUT2D eigenvalue weighted by Crippen LogP contribution is -1.58. The highest BCUT2D eigenvalue weighted by Gasteiger charge is 1.58. The lowest BCUT2D eigenvalue weighted by atomic mass is 10.5. The van der Waals surface area contributed by atoms with Gasteiger partial charge in [-0.2, -0.15) is 0 Å². The van der Waals surface area contributed by atoms with Crippen molar-refractivity contribution in [1.29, 1.82) is 10.8 Å². The fraction of sp³-hybridized carbons (Fsp3) is 0. The second kappa shape index (κ2) is 7.31. The maximum Gasteiger partial charge on any atom is 0.0506 e. The van der Waals surface area contributed by atoms with Gasteiger partial charge in [0.1, 0.15) is 0 Å². The minimum absolute atomic E-state index is 1.60. The van der Waals surface area contributed by atoms with E-state index in [1.54, 1.807) is 24.1 Å². The molecule has 10 heavy (non-hydrogen) atoms. The van der Waals surface area contributed by atoms with Gasteiger partial charge in [0.05, 0.1) is 11.7 Å². The van der Waals surface area contributed by atoms with E-state index >= 15 is 0 Å². The zero-order chi connectivity index (χ0) is 7.66. The molecule has 0 amide bonds. The summed E-state index contributed by atoms with van der Waals surface area (Å²) < 4.78 is 0. The van der Waals surface area contributed by atoms with E-state index in [0.717, 1.165) is 0 Å². The van der Waals surface area contributed by atoms with Crippen LogP contribution in [0.15, 0.2) is 30.6 Å². The van der Waals surface area contributed by atoms with Crippen LogP contribution in [0.5, 0.6) is 0 Å². The molecule has 0 aromatic carbocycles. The number of aromatic nitrogens is 1. The molecule has 3 heteroatoms. The molecule has 1 aromatic rings. The van der Waals surface area contributed by atoms with Crippen molar-refractivity contribution in [3.63, 3.8) is 0 Å². The Hall–Kier alpha value is -1.69. The standard InChI is InChI=1S/C5H5N.C2H2N2/c1-2-4-6-5-3-1;3-1-2-4/h1-5H;3-4H. The highest BCUT2D eigenvalue weighted by molar-refractivity contribution is 5.84. The molecule has 0 spiro atoms. The normalized spacial score (nSPS) is 6.00. The van der Waals surface area contributed by atoms with Crippen molar-refractivity contribution in [3.8, 4) is 0 Å². The van der Waals surface area contributed by atoms with E-state index in [9.17, 15) is 0 Å². The summed E-state index contributed by atoms with van der Waals surface area (Å²) >= 11 is 0. The monoisotopic (exact) mass is 133 g/mol. The Bertz CT molecular complexity index is 183. The quantitative estimate of drug-likeness (QED) is 0.512. The molecule has 3 nitrogen and oxygen atoms in total. The summed E-state index contributed by atoms with van der Waals surface area (Å²) in [6.45, 7) is 0. The van der Waals surface area contributed by atoms with Gasteiger partial charge in [-0.3, -0.25) is 4.98 Å². The Labute approximate surface area is 59.1 Å². The minimum Gasteiger partial charge on any atom is -0.265 e. The Morgan fingerprint density at radius 2 is 1.40 bits per heavy atom. The molecule has 0 radical (unpaired) electrons. The molecule has 1 aromatic heterocycles. The van der Waals surface area contributed by atoms with Crippen molar-refractivity contribution >= 4 is 11.7 Å². The first-order valence-electron chi connectivity index (χ1n) is 2.60. The van der Waals surface area contributed by atoms with Crippen molar-refractivity contribution in [2.75, 3.05) is 0 Å². The summed E-state index contributed by atoms with van der Waals surface area (Å²) in [7, 11) is 0. The third kappa shape index (κ3) is 6.31. The number of nitrogens with zero attached hydrogens (tertiary/aromatic N) is 1. The van der Waals surface area contributed by atoms with E-state index in [-0.39, 0.29) is 0 Å². The van der Waals surface area contributed by atoms with E-state index < -0.39 is 0 Å². The van der Waals surface area contributed by atoms with E-state index in [1.807, 2.05) is 18.2 Å². The van der Waals surface area contributed by atoms with Gasteiger partial charge in [0.15, 0.2) is 0 Å². The third-order valence-corrected chi connectivity index (χ3v) is 0.629. The van der Waals surface area contributed by atoms with Gasteiger partial charge in [-0.25, -0.2) is 10.8 Å². The predicted octanol–water partition coefficient (Wildman–Crippen LogP) is 1.12. The zero-order valence-electron chi connectivity index (χ0n) is 5.33. The first-order chi connectivity index (χ1) is 4.91. The second-order valence-electron chi connectivity index (χ2n) is 1.27. The molecule has 0 aliphatic heterocycles. The van der Waals surface area contributed by atoms with Gasteiger partial charge in [-0.1, -0.05) is 6.07 Å². The third-order valence-electron chi connectivity index (χ3n) is 0.629. The van der Waals surface area contributed by atoms with Gasteiger partial charge in [-0.15, -0.1) is 0 Å². The van der Waals surface area contributed by atoms with Crippen LogP contribution < -0.4 is 0 Å². The van der Waals surface area contributed by atoms with Crippen molar-refractivity contribution in [2.45, 2.75) is 0 Å². The van der Waals surface area contributed by atoms with Crippen molar-refractivity contribution < 1.29 is 0 Å². The van der Waals surface area contributed by atoms with Crippen LogP contribution in [0.25, 0.3) is 0 Å². The molecule has 0 fully saturated rings. The van der Waals surface area contributed by atoms with Crippen LogP contribution in [0.2, 0.25) is 0 Å². The molecule has 0 aliphatic rings. The largest absolute Gasteiger partial charge is 0.265 e. The average Bonchev–Trinajstić information content (AvgIpc) is 2.08. The summed E-state index contributed by atoms with van der Waals surface area (Å²) in [6, 6.07) is 5.72. The predicted molar refractivity (Wildman–Crippen MR) is 39.7 cm³/mol. The van der Waals surface area contributed by atoms with Crippen LogP contribution in [0, 0.1) is 10.8 Å². The fourth-order valence-electron chi connectivity index (χ4n) is 0.313. The number of hydrogen-bond donors (Lipinski definition) is 2. The van der Waals surface area contributed by atoms with Gasteiger partial charge in [0.2, 0.25) is 0 Å². The average molecular weight is 133 g/mol. The Balaban J connectivity index is 0.000000180. The van der Waals surface area contributed by atoms with Crippen LogP contribution in [0.3, 0.4) is 0 Å². The van der Waals surface area contributed by atoms with E-state index in [4.69, 9.17) is 10.8 Å². The van der Waals surface area contributed by atoms with Gasteiger partial charge >= 0.3 is 0 Å². The topological polar surface area (TPSA) is 60.6 Å². The Morgan fingerprint density at radius 3 is 1.50 bits per heavy atom. The Morgan fingerprint density at radius 1 is 0.900 bits per heavy atom. The summed E-state index contributed by atoms with van der Waals surface area (Å²) in [4.78, 5) is 3.78. The van der Waals surface area contributed by atoms with Gasteiger partial charge in [0, 0.05) is 12.4 Å². The van der Waals surface area contributed by atoms with Crippen LogP contribution in [-0.4, -0.2) is 16.7 Å². The SMILES string of the molecule is N=C=C=N.c1ccncc1. The summed E-state index contributed by atoms with van der Waals surface area (Å²) in [5.41, 5.74) is 0. The highest BCUT2D eigenvalue weighted by Crippen LogP contribution is 1.73. The van der Waals surface area contributed by atoms with Crippen LogP contribution >= 0.6 is 0 Å². The molecule has 0 saturated heterocycles. The van der Waals surface area contributed by atoms with E-state index in [1.165, 1.54) is 0 Å². The molecular formula is C7H7N3. The molecule has 0 aliphatic carbocycles. The number of nitrogens with one attached hydrogen (secondary N) is 2. The molecule has 0 bridgehead atoms. The molecule has 0 saturated carbocycles. The summed E-state index contributed by atoms with van der Waals surface area (Å²) in [6.07, 6.45) is 3.50. The maximum absolute atomic E-state index is 5.90. The molecule has 0 atom stereocenters. The first kappa shape index (κ1) is 8.31. The number of pyridine rings is 1. The van der Waals surface area contributed by atoms with E-state index in [2.05, 4.69) is 4.98 Å². The number of rotatable bonds is 0. The van der Waals surface area contributed by atoms with Crippen molar-refractivity contribution in [1.82, 2.24) is 4.98 Å². The number of hydrogen-bond acceptors (Lipinski definition) is 3. The first-order valence-corrected chi connectivity index (χ1v) is 2.60. The van der Waals surface area contributed by atoms with Crippen LogP contribution in [0.4, 0.5) is 0 Å². The van der Waals surface area contributed by atoms with Crippen LogP contribution in [-0.2, 0) is 0 Å². The Kier molecular flexibility index (Phi) is 6.07. The summed E-state index contributed by atoms with van der Waals surface area (Å²) in [5, 5.41) is 11.8. The lowest BCUT2D eigenvalue weighted by molar-refractivity contribution is 1.33. The molecular weight excluding hydrogens is 126 g/mol. The van der Waals surface area contributed by atoms with E-state index in [0.29, 0.717) is 0 Å².